The van der Waals surface area contributed by atoms with Crippen LogP contribution in [0.1, 0.15) is 18.5 Å². The molecule has 1 aliphatic rings. The molecule has 0 bridgehead atoms. The first kappa shape index (κ1) is 13.6. The van der Waals surface area contributed by atoms with Gasteiger partial charge >= 0.3 is 0 Å². The largest absolute Gasteiger partial charge is 0.384 e. The molecule has 2 heterocycles. The van der Waals surface area contributed by atoms with Gasteiger partial charge in [-0.3, -0.25) is 0 Å². The van der Waals surface area contributed by atoms with Gasteiger partial charge in [-0.2, -0.15) is 0 Å². The summed E-state index contributed by atoms with van der Waals surface area (Å²) in [7, 11) is 1.76. The van der Waals surface area contributed by atoms with Crippen LogP contribution in [0.5, 0.6) is 0 Å². The van der Waals surface area contributed by atoms with Crippen molar-refractivity contribution in [2.24, 2.45) is 11.7 Å². The van der Waals surface area contributed by atoms with Gasteiger partial charge in [-0.05, 0) is 30.9 Å². The Balaban J connectivity index is 2.10. The van der Waals surface area contributed by atoms with Crippen molar-refractivity contribution in [3.8, 4) is 0 Å². The molecule has 1 atom stereocenters. The van der Waals surface area contributed by atoms with Crippen LogP contribution in [0.25, 0.3) is 0 Å². The molecule has 0 aliphatic carbocycles. The molecule has 1 fully saturated rings. The molecule has 2 rings (SSSR count). The minimum Gasteiger partial charge on any atom is -0.384 e. The fourth-order valence-corrected chi connectivity index (χ4v) is 2.62. The van der Waals surface area contributed by atoms with Gasteiger partial charge < -0.3 is 15.4 Å². The number of anilines is 1. The van der Waals surface area contributed by atoms with Crippen molar-refractivity contribution >= 4 is 17.4 Å². The average molecular weight is 270 g/mol. The number of piperidine rings is 1. The number of hydrogen-bond donors (Lipinski definition) is 1. The van der Waals surface area contributed by atoms with E-state index >= 15 is 0 Å². The highest BCUT2D eigenvalue weighted by atomic mass is 35.5. The smallest absolute Gasteiger partial charge is 0.128 e. The second-order valence-corrected chi connectivity index (χ2v) is 5.12. The van der Waals surface area contributed by atoms with Crippen LogP contribution in [0.2, 0.25) is 5.02 Å². The second kappa shape index (κ2) is 6.36. The zero-order valence-corrected chi connectivity index (χ0v) is 11.5. The molecule has 1 aromatic rings. The van der Waals surface area contributed by atoms with Gasteiger partial charge in [0.2, 0.25) is 0 Å². The SMILES string of the molecule is COCC1CCCN(c2ccc(Cl)c(CN)n2)C1. The van der Waals surface area contributed by atoms with E-state index in [-0.39, 0.29) is 0 Å². The summed E-state index contributed by atoms with van der Waals surface area (Å²) in [5, 5.41) is 0.645. The standard InChI is InChI=1S/C13H20ClN3O/c1-18-9-10-3-2-6-17(8-10)13-5-4-11(14)12(7-15)16-13/h4-5,10H,2-3,6-9,15H2,1H3. The van der Waals surface area contributed by atoms with Crippen LogP contribution in [0.15, 0.2) is 12.1 Å². The summed E-state index contributed by atoms with van der Waals surface area (Å²) in [5.41, 5.74) is 6.41. The van der Waals surface area contributed by atoms with E-state index in [2.05, 4.69) is 9.88 Å². The number of pyridine rings is 1. The highest BCUT2D eigenvalue weighted by Crippen LogP contribution is 2.24. The highest BCUT2D eigenvalue weighted by Gasteiger charge is 2.21. The molecule has 5 heteroatoms. The van der Waals surface area contributed by atoms with Crippen molar-refractivity contribution in [2.45, 2.75) is 19.4 Å². The van der Waals surface area contributed by atoms with Crippen LogP contribution in [0.3, 0.4) is 0 Å². The third-order valence-corrected chi connectivity index (χ3v) is 3.69. The lowest BCUT2D eigenvalue weighted by atomic mass is 9.99. The van der Waals surface area contributed by atoms with E-state index in [1.165, 1.54) is 12.8 Å². The van der Waals surface area contributed by atoms with E-state index in [0.717, 1.165) is 31.2 Å². The Morgan fingerprint density at radius 2 is 2.39 bits per heavy atom. The van der Waals surface area contributed by atoms with E-state index in [0.29, 0.717) is 17.5 Å². The molecule has 2 N–H and O–H groups in total. The summed E-state index contributed by atoms with van der Waals surface area (Å²) in [6.07, 6.45) is 2.40. The normalized spacial score (nSPS) is 20.2. The number of methoxy groups -OCH3 is 1. The Kier molecular flexibility index (Phi) is 4.80. The number of hydrogen-bond acceptors (Lipinski definition) is 4. The molecule has 1 unspecified atom stereocenters. The molecule has 0 radical (unpaired) electrons. The van der Waals surface area contributed by atoms with Gasteiger partial charge in [-0.25, -0.2) is 4.98 Å². The number of aromatic nitrogens is 1. The van der Waals surface area contributed by atoms with Gasteiger partial charge in [0, 0.05) is 26.7 Å². The molecular weight excluding hydrogens is 250 g/mol. The maximum absolute atomic E-state index is 6.03. The molecule has 1 aliphatic heterocycles. The quantitative estimate of drug-likeness (QED) is 0.909. The van der Waals surface area contributed by atoms with Crippen LogP contribution in [0.4, 0.5) is 5.82 Å². The monoisotopic (exact) mass is 269 g/mol. The zero-order chi connectivity index (χ0) is 13.0. The zero-order valence-electron chi connectivity index (χ0n) is 10.7. The predicted octanol–water partition coefficient (Wildman–Crippen LogP) is 2.06. The highest BCUT2D eigenvalue weighted by molar-refractivity contribution is 6.31. The van der Waals surface area contributed by atoms with Crippen molar-refractivity contribution in [3.63, 3.8) is 0 Å². The molecule has 0 spiro atoms. The number of ether oxygens (including phenoxy) is 1. The number of nitrogens with two attached hydrogens (primary N) is 1. The lowest BCUT2D eigenvalue weighted by molar-refractivity contribution is 0.143. The number of rotatable bonds is 4. The van der Waals surface area contributed by atoms with Crippen molar-refractivity contribution in [1.29, 1.82) is 0 Å². The summed E-state index contributed by atoms with van der Waals surface area (Å²) in [5.74, 6) is 1.56. The van der Waals surface area contributed by atoms with Gasteiger partial charge in [-0.1, -0.05) is 11.6 Å². The van der Waals surface area contributed by atoms with E-state index < -0.39 is 0 Å². The third-order valence-electron chi connectivity index (χ3n) is 3.34. The van der Waals surface area contributed by atoms with Crippen molar-refractivity contribution in [1.82, 2.24) is 4.98 Å². The summed E-state index contributed by atoms with van der Waals surface area (Å²) >= 11 is 6.03. The molecule has 100 valence electrons. The summed E-state index contributed by atoms with van der Waals surface area (Å²) in [6, 6.07) is 3.85. The Labute approximate surface area is 113 Å². The minimum atomic E-state index is 0.377. The Morgan fingerprint density at radius 3 is 3.11 bits per heavy atom. The second-order valence-electron chi connectivity index (χ2n) is 4.71. The predicted molar refractivity (Wildman–Crippen MR) is 74.0 cm³/mol. The lowest BCUT2D eigenvalue weighted by Crippen LogP contribution is -2.37. The summed E-state index contributed by atoms with van der Waals surface area (Å²) in [6.45, 7) is 3.22. The molecule has 4 nitrogen and oxygen atoms in total. The molecule has 1 saturated heterocycles. The van der Waals surface area contributed by atoms with Crippen LogP contribution < -0.4 is 10.6 Å². The van der Waals surface area contributed by atoms with Gasteiger partial charge in [0.15, 0.2) is 0 Å². The first-order chi connectivity index (χ1) is 8.74. The molecule has 18 heavy (non-hydrogen) atoms. The van der Waals surface area contributed by atoms with Crippen molar-refractivity contribution in [3.05, 3.63) is 22.8 Å². The van der Waals surface area contributed by atoms with E-state index in [1.54, 1.807) is 7.11 Å². The van der Waals surface area contributed by atoms with Crippen LogP contribution in [-0.2, 0) is 11.3 Å². The van der Waals surface area contributed by atoms with Gasteiger partial charge in [0.05, 0.1) is 17.3 Å². The molecule has 0 amide bonds. The van der Waals surface area contributed by atoms with Crippen LogP contribution in [-0.4, -0.2) is 31.8 Å². The summed E-state index contributed by atoms with van der Waals surface area (Å²) < 4.78 is 5.24. The maximum Gasteiger partial charge on any atom is 0.128 e. The number of halogens is 1. The first-order valence-electron chi connectivity index (χ1n) is 6.34. The topological polar surface area (TPSA) is 51.4 Å². The average Bonchev–Trinajstić information content (AvgIpc) is 2.40. The van der Waals surface area contributed by atoms with Gasteiger partial charge in [-0.15, -0.1) is 0 Å². The van der Waals surface area contributed by atoms with Gasteiger partial charge in [0.25, 0.3) is 0 Å². The fourth-order valence-electron chi connectivity index (χ4n) is 2.44. The molecule has 1 aromatic heterocycles. The van der Waals surface area contributed by atoms with Gasteiger partial charge in [0.1, 0.15) is 5.82 Å². The van der Waals surface area contributed by atoms with Crippen molar-refractivity contribution in [2.75, 3.05) is 31.7 Å². The molecule has 0 aromatic carbocycles. The van der Waals surface area contributed by atoms with E-state index in [9.17, 15) is 0 Å². The minimum absolute atomic E-state index is 0.377. The fraction of sp³-hybridized carbons (Fsp3) is 0.615. The number of nitrogens with zero attached hydrogens (tertiary/aromatic N) is 2. The van der Waals surface area contributed by atoms with E-state index in [1.807, 2.05) is 12.1 Å². The third kappa shape index (κ3) is 3.13. The Hall–Kier alpha value is -0.840. The van der Waals surface area contributed by atoms with Crippen molar-refractivity contribution < 1.29 is 4.74 Å². The summed E-state index contributed by atoms with van der Waals surface area (Å²) in [4.78, 5) is 6.83. The maximum atomic E-state index is 6.03. The van der Waals surface area contributed by atoms with E-state index in [4.69, 9.17) is 22.1 Å². The first-order valence-corrected chi connectivity index (χ1v) is 6.71. The lowest BCUT2D eigenvalue weighted by Gasteiger charge is -2.33. The van der Waals surface area contributed by atoms with Crippen LogP contribution in [0, 0.1) is 5.92 Å². The molecular formula is C13H20ClN3O. The Bertz CT molecular complexity index is 398. The molecule has 0 saturated carbocycles. The van der Waals surface area contributed by atoms with Crippen LogP contribution >= 0.6 is 11.6 Å². The Morgan fingerprint density at radius 1 is 1.56 bits per heavy atom.